The first kappa shape index (κ1) is 24.6. The molecule has 0 aliphatic heterocycles. The number of carbonyl (C=O) groups excluding carboxylic acids is 2. The molecular weight excluding hydrogens is 418 g/mol. The lowest BCUT2D eigenvalue weighted by Crippen LogP contribution is -2.64. The van der Waals surface area contributed by atoms with Crippen molar-refractivity contribution in [3.05, 3.63) is 0 Å². The predicted octanol–water partition coefficient (Wildman–Crippen LogP) is 4.12. The Labute approximate surface area is 189 Å². The molecule has 3 atom stereocenters. The highest BCUT2D eigenvalue weighted by Gasteiger charge is 2.59. The van der Waals surface area contributed by atoms with Crippen molar-refractivity contribution >= 4 is 23.5 Å². The van der Waals surface area contributed by atoms with Crippen molar-refractivity contribution in [2.75, 3.05) is 7.11 Å². The zero-order chi connectivity index (χ0) is 23.2. The van der Waals surface area contributed by atoms with Crippen LogP contribution in [0, 0.1) is 23.2 Å². The highest BCUT2D eigenvalue weighted by molar-refractivity contribution is 7.90. The summed E-state index contributed by atoms with van der Waals surface area (Å²) in [6, 6.07) is -0.596. The van der Waals surface area contributed by atoms with Crippen molar-refractivity contribution in [3.63, 3.8) is 0 Å². The Bertz CT molecular complexity index is 647. The Kier molecular flexibility index (Phi) is 6.95. The van der Waals surface area contributed by atoms with Gasteiger partial charge in [-0.3, -0.25) is 0 Å². The second-order valence-electron chi connectivity index (χ2n) is 11.8. The van der Waals surface area contributed by atoms with Crippen molar-refractivity contribution < 1.29 is 28.4 Å². The number of ether oxygens (including phenoxy) is 3. The van der Waals surface area contributed by atoms with Crippen LogP contribution in [-0.4, -0.2) is 46.3 Å². The molecule has 0 spiro atoms. The highest BCUT2D eigenvalue weighted by atomic mass is 32.2. The highest BCUT2D eigenvalue weighted by Crippen LogP contribution is 2.62. The van der Waals surface area contributed by atoms with E-state index >= 15 is 0 Å². The van der Waals surface area contributed by atoms with E-state index in [0.717, 1.165) is 19.3 Å². The van der Waals surface area contributed by atoms with Gasteiger partial charge in [0.25, 0.3) is 0 Å². The smallest absolute Gasteiger partial charge is 0.509 e. The third-order valence-corrected chi connectivity index (χ3v) is 8.46. The summed E-state index contributed by atoms with van der Waals surface area (Å²) < 4.78 is 31.9. The van der Waals surface area contributed by atoms with Gasteiger partial charge in [0.2, 0.25) is 6.10 Å². The quantitative estimate of drug-likeness (QED) is 0.473. The zero-order valence-electron chi connectivity index (χ0n) is 20.0. The number of rotatable bonds is 6. The van der Waals surface area contributed by atoms with Crippen LogP contribution in [0.1, 0.15) is 80.1 Å². The molecule has 4 fully saturated rings. The lowest BCUT2D eigenvalue weighted by molar-refractivity contribution is -0.163. The van der Waals surface area contributed by atoms with E-state index in [1.54, 1.807) is 20.8 Å². The van der Waals surface area contributed by atoms with Gasteiger partial charge in [-0.25, -0.2) is 9.59 Å². The van der Waals surface area contributed by atoms with Gasteiger partial charge in [0, 0.05) is 11.4 Å². The standard InChI is InChI=1S/C23H39NO6S/c1-21(2,3)30-20(26)29-17(19(25)28-7)18(24-31(27)22(4,5)6)23-11-14-8-15(12-23)10-16(9-14)13-23/h14-18,24H,8-13H2,1-7H3/t14?,15?,16?,17-,18-,23?,31-/m0/s1. The zero-order valence-corrected chi connectivity index (χ0v) is 20.8. The number of nitrogens with one attached hydrogen (secondary N) is 1. The van der Waals surface area contributed by atoms with Crippen LogP contribution in [0.2, 0.25) is 0 Å². The van der Waals surface area contributed by atoms with E-state index in [2.05, 4.69) is 4.72 Å². The fraction of sp³-hybridized carbons (Fsp3) is 0.913. The summed E-state index contributed by atoms with van der Waals surface area (Å²) in [5.74, 6) is 1.18. The Balaban J connectivity index is 1.94. The molecule has 7 nitrogen and oxygen atoms in total. The van der Waals surface area contributed by atoms with Crippen molar-refractivity contribution in [2.24, 2.45) is 23.2 Å². The molecule has 0 heterocycles. The minimum absolute atomic E-state index is 0.253. The first-order valence-electron chi connectivity index (χ1n) is 11.4. The topological polar surface area (TPSA) is 96.9 Å². The van der Waals surface area contributed by atoms with Crippen LogP contribution < -0.4 is 4.72 Å². The first-order valence-corrected chi connectivity index (χ1v) is 12.5. The number of carbonyl (C=O) groups is 2. The van der Waals surface area contributed by atoms with Crippen LogP contribution in [0.25, 0.3) is 0 Å². The monoisotopic (exact) mass is 457 g/mol. The maximum absolute atomic E-state index is 13.2. The second kappa shape index (κ2) is 8.75. The normalized spacial score (nSPS) is 32.8. The molecule has 0 aromatic heterocycles. The molecule has 4 aliphatic carbocycles. The van der Waals surface area contributed by atoms with Crippen LogP contribution in [-0.2, 0) is 30.4 Å². The van der Waals surface area contributed by atoms with Crippen LogP contribution in [0.3, 0.4) is 0 Å². The Morgan fingerprint density at radius 1 is 1.00 bits per heavy atom. The Morgan fingerprint density at radius 2 is 1.48 bits per heavy atom. The maximum Gasteiger partial charge on any atom is 0.509 e. The lowest BCUT2D eigenvalue weighted by atomic mass is 9.47. The van der Waals surface area contributed by atoms with Gasteiger partial charge in [0.05, 0.1) is 7.11 Å². The Hall–Kier alpha value is -0.990. The van der Waals surface area contributed by atoms with Crippen LogP contribution >= 0.6 is 0 Å². The third-order valence-electron chi connectivity index (χ3n) is 6.88. The van der Waals surface area contributed by atoms with E-state index in [1.165, 1.54) is 26.4 Å². The van der Waals surface area contributed by atoms with Crippen LogP contribution in [0.5, 0.6) is 0 Å². The van der Waals surface area contributed by atoms with E-state index in [1.807, 2.05) is 20.8 Å². The molecule has 0 aromatic rings. The van der Waals surface area contributed by atoms with E-state index < -0.39 is 46.0 Å². The summed E-state index contributed by atoms with van der Waals surface area (Å²) in [4.78, 5) is 25.4. The van der Waals surface area contributed by atoms with Crippen molar-refractivity contribution in [1.29, 1.82) is 0 Å². The minimum Gasteiger partial charge on any atom is -0.598 e. The van der Waals surface area contributed by atoms with Crippen LogP contribution in [0.4, 0.5) is 4.79 Å². The van der Waals surface area contributed by atoms with Crippen molar-refractivity contribution in [2.45, 2.75) is 103 Å². The molecule has 0 radical (unpaired) electrons. The van der Waals surface area contributed by atoms with Gasteiger partial charge in [-0.1, -0.05) is 0 Å². The third kappa shape index (κ3) is 5.69. The molecule has 4 bridgehead atoms. The summed E-state index contributed by atoms with van der Waals surface area (Å²) in [5.41, 5.74) is -1.01. The number of hydrogen-bond acceptors (Lipinski definition) is 7. The number of methoxy groups -OCH3 is 1. The van der Waals surface area contributed by atoms with Gasteiger partial charge in [-0.2, -0.15) is 0 Å². The molecule has 4 saturated carbocycles. The lowest BCUT2D eigenvalue weighted by Gasteiger charge is -2.59. The van der Waals surface area contributed by atoms with Crippen molar-refractivity contribution in [3.8, 4) is 0 Å². The summed E-state index contributed by atoms with van der Waals surface area (Å²) in [6.07, 6.45) is 4.39. The molecule has 31 heavy (non-hydrogen) atoms. The summed E-state index contributed by atoms with van der Waals surface area (Å²) in [6.45, 7) is 10.9. The van der Waals surface area contributed by atoms with Gasteiger partial charge < -0.3 is 18.8 Å². The van der Waals surface area contributed by atoms with Gasteiger partial charge in [0.15, 0.2) is 0 Å². The first-order chi connectivity index (χ1) is 14.2. The van der Waals surface area contributed by atoms with Gasteiger partial charge in [-0.15, -0.1) is 4.72 Å². The molecule has 4 rings (SSSR count). The molecule has 178 valence electrons. The van der Waals surface area contributed by atoms with E-state index in [-0.39, 0.29) is 5.41 Å². The maximum atomic E-state index is 13.2. The molecule has 1 N–H and O–H groups in total. The molecular formula is C23H39NO6S. The average Bonchev–Trinajstić information content (AvgIpc) is 2.60. The average molecular weight is 458 g/mol. The molecule has 4 aliphatic rings. The predicted molar refractivity (Wildman–Crippen MR) is 119 cm³/mol. The van der Waals surface area contributed by atoms with E-state index in [0.29, 0.717) is 17.8 Å². The number of hydrogen-bond donors (Lipinski definition) is 1. The molecule has 8 heteroatoms. The summed E-state index contributed by atoms with van der Waals surface area (Å²) >= 11 is -1.44. The van der Waals surface area contributed by atoms with E-state index in [4.69, 9.17) is 14.2 Å². The summed E-state index contributed by atoms with van der Waals surface area (Å²) in [5, 5.41) is 0. The largest absolute Gasteiger partial charge is 0.598 e. The Morgan fingerprint density at radius 3 is 1.87 bits per heavy atom. The molecule has 0 unspecified atom stereocenters. The molecule has 0 saturated heterocycles. The van der Waals surface area contributed by atoms with Crippen LogP contribution in [0.15, 0.2) is 0 Å². The van der Waals surface area contributed by atoms with Crippen molar-refractivity contribution in [1.82, 2.24) is 4.72 Å². The fourth-order valence-corrected chi connectivity index (χ4v) is 7.06. The van der Waals surface area contributed by atoms with E-state index in [9.17, 15) is 14.1 Å². The molecule has 0 amide bonds. The molecule has 0 aromatic carbocycles. The minimum atomic E-state index is -1.44. The van der Waals surface area contributed by atoms with Gasteiger partial charge in [-0.05, 0) is 103 Å². The fourth-order valence-electron chi connectivity index (χ4n) is 6.10. The summed E-state index contributed by atoms with van der Waals surface area (Å²) in [7, 11) is 1.28. The van der Waals surface area contributed by atoms with Gasteiger partial charge >= 0.3 is 12.1 Å². The SMILES string of the molecule is COC(=O)[C@@H](OC(=O)OC(C)(C)C)[C@H](N[S@@+]([O-])C(C)(C)C)C12CC3CC(CC(C3)C1)C2. The number of esters is 1. The second-order valence-corrected chi connectivity index (χ2v) is 13.8. The van der Waals surface area contributed by atoms with Gasteiger partial charge in [0.1, 0.15) is 16.4 Å².